The van der Waals surface area contributed by atoms with Gasteiger partial charge in [-0.25, -0.2) is 0 Å². The summed E-state index contributed by atoms with van der Waals surface area (Å²) in [6.45, 7) is 4.89. The molecule has 1 aromatic carbocycles. The predicted molar refractivity (Wildman–Crippen MR) is 125 cm³/mol. The molecule has 1 aliphatic carbocycles. The Kier molecular flexibility index (Phi) is 8.27. The third kappa shape index (κ3) is 5.94. The highest BCUT2D eigenvalue weighted by molar-refractivity contribution is 5.81. The van der Waals surface area contributed by atoms with Crippen molar-refractivity contribution in [3.8, 4) is 5.75 Å². The highest BCUT2D eigenvalue weighted by Crippen LogP contribution is 2.29. The van der Waals surface area contributed by atoms with Crippen LogP contribution in [0, 0.1) is 0 Å². The van der Waals surface area contributed by atoms with E-state index in [0.717, 1.165) is 69.8 Å². The number of nitrogens with one attached hydrogen (secondary N) is 1. The molecule has 0 aromatic heterocycles. The molecule has 0 spiro atoms. The van der Waals surface area contributed by atoms with Gasteiger partial charge in [-0.15, -0.1) is 0 Å². The molecule has 7 nitrogen and oxygen atoms in total. The van der Waals surface area contributed by atoms with Gasteiger partial charge in [-0.05, 0) is 44.2 Å². The number of aliphatic hydroxyl groups excluding tert-OH is 1. The van der Waals surface area contributed by atoms with Gasteiger partial charge in [0.05, 0.1) is 25.0 Å². The molecule has 2 heterocycles. The van der Waals surface area contributed by atoms with Gasteiger partial charge in [0.1, 0.15) is 5.75 Å². The molecule has 1 saturated carbocycles. The summed E-state index contributed by atoms with van der Waals surface area (Å²) in [4.78, 5) is 17.6. The highest BCUT2D eigenvalue weighted by Gasteiger charge is 2.36. The van der Waals surface area contributed by atoms with Gasteiger partial charge in [-0.3, -0.25) is 9.69 Å². The van der Waals surface area contributed by atoms with Crippen molar-refractivity contribution in [2.24, 2.45) is 0 Å². The Labute approximate surface area is 192 Å². The number of rotatable bonds is 7. The van der Waals surface area contributed by atoms with Crippen molar-refractivity contribution in [2.75, 3.05) is 44.7 Å². The fraction of sp³-hybridized carbons (Fsp3) is 0.720. The number of nitrogens with zero attached hydrogens (tertiary/aromatic N) is 2. The van der Waals surface area contributed by atoms with E-state index in [0.29, 0.717) is 6.42 Å². The fourth-order valence-corrected chi connectivity index (χ4v) is 5.28. The zero-order chi connectivity index (χ0) is 22.3. The van der Waals surface area contributed by atoms with Crippen LogP contribution in [-0.4, -0.2) is 80.1 Å². The van der Waals surface area contributed by atoms with Crippen LogP contribution in [0.2, 0.25) is 0 Å². The molecule has 3 fully saturated rings. The largest absolute Gasteiger partial charge is 0.495 e. The maximum Gasteiger partial charge on any atom is 0.252 e. The monoisotopic (exact) mass is 445 g/mol. The molecule has 0 unspecified atom stereocenters. The van der Waals surface area contributed by atoms with Gasteiger partial charge in [0.15, 0.2) is 6.10 Å². The Hall–Kier alpha value is -1.83. The summed E-state index contributed by atoms with van der Waals surface area (Å²) in [5.74, 6) is 0.798. The van der Waals surface area contributed by atoms with Crippen LogP contribution >= 0.6 is 0 Å². The van der Waals surface area contributed by atoms with E-state index in [1.54, 1.807) is 7.11 Å². The first kappa shape index (κ1) is 23.3. The number of amides is 1. The minimum atomic E-state index is -0.724. The molecule has 1 amide bonds. The predicted octanol–water partition coefficient (Wildman–Crippen LogP) is 2.56. The average Bonchev–Trinajstić information content (AvgIpc) is 2.84. The fourth-order valence-electron chi connectivity index (χ4n) is 5.28. The lowest BCUT2D eigenvalue weighted by atomic mass is 9.94. The molecule has 1 aromatic rings. The van der Waals surface area contributed by atoms with Crippen LogP contribution in [0.15, 0.2) is 24.3 Å². The smallest absolute Gasteiger partial charge is 0.252 e. The number of hydrogen-bond acceptors (Lipinski definition) is 6. The van der Waals surface area contributed by atoms with Crippen molar-refractivity contribution < 1.29 is 19.4 Å². The number of ether oxygens (including phenoxy) is 2. The Morgan fingerprint density at radius 1 is 1.09 bits per heavy atom. The van der Waals surface area contributed by atoms with Crippen LogP contribution in [0.1, 0.15) is 51.4 Å². The number of carbonyl (C=O) groups is 1. The molecule has 2 saturated heterocycles. The van der Waals surface area contributed by atoms with Gasteiger partial charge < -0.3 is 24.8 Å². The van der Waals surface area contributed by atoms with Crippen LogP contribution in [0.25, 0.3) is 0 Å². The highest BCUT2D eigenvalue weighted by atomic mass is 16.5. The van der Waals surface area contributed by atoms with Gasteiger partial charge in [-0.2, -0.15) is 0 Å². The van der Waals surface area contributed by atoms with E-state index in [4.69, 9.17) is 9.47 Å². The summed E-state index contributed by atoms with van der Waals surface area (Å²) in [7, 11) is 1.72. The number of para-hydroxylation sites is 2. The first-order valence-electron chi connectivity index (χ1n) is 12.4. The molecule has 0 bridgehead atoms. The maximum atomic E-state index is 12.7. The van der Waals surface area contributed by atoms with Crippen molar-refractivity contribution in [3.63, 3.8) is 0 Å². The zero-order valence-corrected chi connectivity index (χ0v) is 19.4. The van der Waals surface area contributed by atoms with Gasteiger partial charge in [-0.1, -0.05) is 31.4 Å². The van der Waals surface area contributed by atoms with Crippen molar-refractivity contribution in [3.05, 3.63) is 24.3 Å². The standard InChI is InChI=1S/C25H39N3O4/c1-31-23-10-6-5-9-21(23)28-17-15-27(16-18-28)14-13-20-11-12-22(29)24(32-20)25(30)26-19-7-3-2-4-8-19/h5-6,9-10,19-20,22,24,29H,2-4,7-8,11-18H2,1H3,(H,26,30)/t20-,22+,24+/m1/s1. The quantitative estimate of drug-likeness (QED) is 0.672. The lowest BCUT2D eigenvalue weighted by Gasteiger charge is -2.38. The Bertz CT molecular complexity index is 732. The van der Waals surface area contributed by atoms with Gasteiger partial charge in [0, 0.05) is 38.8 Å². The molecule has 2 N–H and O–H groups in total. The molecule has 4 rings (SSSR count). The molecule has 2 aliphatic heterocycles. The van der Waals surface area contributed by atoms with Gasteiger partial charge in [0.25, 0.3) is 5.91 Å². The van der Waals surface area contributed by atoms with Gasteiger partial charge >= 0.3 is 0 Å². The van der Waals surface area contributed by atoms with E-state index in [1.165, 1.54) is 19.3 Å². The number of methoxy groups -OCH3 is 1. The molecule has 3 atom stereocenters. The lowest BCUT2D eigenvalue weighted by Crippen LogP contribution is -2.52. The average molecular weight is 446 g/mol. The second-order valence-electron chi connectivity index (χ2n) is 9.46. The van der Waals surface area contributed by atoms with Crippen LogP contribution in [0.5, 0.6) is 5.75 Å². The Balaban J connectivity index is 1.21. The maximum absolute atomic E-state index is 12.7. The Morgan fingerprint density at radius 3 is 2.59 bits per heavy atom. The Morgan fingerprint density at radius 2 is 1.84 bits per heavy atom. The second kappa shape index (κ2) is 11.3. The molecular weight excluding hydrogens is 406 g/mol. The van der Waals surface area contributed by atoms with E-state index in [2.05, 4.69) is 27.2 Å². The first-order chi connectivity index (χ1) is 15.6. The van der Waals surface area contributed by atoms with E-state index < -0.39 is 12.2 Å². The van der Waals surface area contributed by atoms with Crippen LogP contribution in [-0.2, 0) is 9.53 Å². The zero-order valence-electron chi connectivity index (χ0n) is 19.4. The molecule has 3 aliphatic rings. The van der Waals surface area contributed by atoms with E-state index in [1.807, 2.05) is 12.1 Å². The normalized spacial score (nSPS) is 27.8. The van der Waals surface area contributed by atoms with E-state index >= 15 is 0 Å². The minimum absolute atomic E-state index is 0.0350. The summed E-state index contributed by atoms with van der Waals surface area (Å²) >= 11 is 0. The van der Waals surface area contributed by atoms with Crippen molar-refractivity contribution in [1.29, 1.82) is 0 Å². The van der Waals surface area contributed by atoms with Crippen molar-refractivity contribution in [1.82, 2.24) is 10.2 Å². The second-order valence-corrected chi connectivity index (χ2v) is 9.46. The number of aliphatic hydroxyl groups is 1. The summed E-state index contributed by atoms with van der Waals surface area (Å²) in [5, 5.41) is 13.5. The topological polar surface area (TPSA) is 74.3 Å². The molecule has 7 heteroatoms. The summed E-state index contributed by atoms with van der Waals surface area (Å²) < 4.78 is 11.6. The van der Waals surface area contributed by atoms with Crippen LogP contribution in [0.3, 0.4) is 0 Å². The molecular formula is C25H39N3O4. The number of piperazine rings is 1. The first-order valence-corrected chi connectivity index (χ1v) is 12.4. The number of anilines is 1. The molecule has 178 valence electrons. The lowest BCUT2D eigenvalue weighted by molar-refractivity contribution is -0.159. The van der Waals surface area contributed by atoms with E-state index in [-0.39, 0.29) is 18.1 Å². The third-order valence-corrected chi connectivity index (χ3v) is 7.25. The van der Waals surface area contributed by atoms with Crippen LogP contribution in [0.4, 0.5) is 5.69 Å². The molecule has 32 heavy (non-hydrogen) atoms. The summed E-state index contributed by atoms with van der Waals surface area (Å²) in [6.07, 6.45) is 6.64. The number of carbonyl (C=O) groups excluding carboxylic acids is 1. The minimum Gasteiger partial charge on any atom is -0.495 e. The SMILES string of the molecule is COc1ccccc1N1CCN(CC[C@H]2CC[C@H](O)[C@@H](C(=O)NC3CCCCC3)O2)CC1. The number of hydrogen-bond donors (Lipinski definition) is 2. The third-order valence-electron chi connectivity index (χ3n) is 7.25. The molecule has 0 radical (unpaired) electrons. The van der Waals surface area contributed by atoms with Crippen LogP contribution < -0.4 is 15.0 Å². The number of benzene rings is 1. The summed E-state index contributed by atoms with van der Waals surface area (Å²) in [6, 6.07) is 8.43. The van der Waals surface area contributed by atoms with Gasteiger partial charge in [0.2, 0.25) is 0 Å². The summed E-state index contributed by atoms with van der Waals surface area (Å²) in [5.41, 5.74) is 1.16. The van der Waals surface area contributed by atoms with E-state index in [9.17, 15) is 9.90 Å². The van der Waals surface area contributed by atoms with Crippen molar-refractivity contribution >= 4 is 11.6 Å². The van der Waals surface area contributed by atoms with Crippen molar-refractivity contribution in [2.45, 2.75) is 75.7 Å².